The molecule has 3 nitrogen and oxygen atoms in total. The van der Waals surface area contributed by atoms with E-state index in [-0.39, 0.29) is 11.9 Å². The van der Waals surface area contributed by atoms with Crippen molar-refractivity contribution >= 4 is 11.6 Å². The summed E-state index contributed by atoms with van der Waals surface area (Å²) in [5.41, 5.74) is 3.90. The van der Waals surface area contributed by atoms with E-state index in [1.807, 2.05) is 13.8 Å². The minimum absolute atomic E-state index is 0.135. The highest BCUT2D eigenvalue weighted by molar-refractivity contribution is 5.77. The Balaban J connectivity index is 1.96. The highest BCUT2D eigenvalue weighted by Crippen LogP contribution is 2.27. The van der Waals surface area contributed by atoms with Crippen LogP contribution in [0, 0.1) is 0 Å². The van der Waals surface area contributed by atoms with Crippen LogP contribution in [0.25, 0.3) is 0 Å². The number of para-hydroxylation sites is 1. The van der Waals surface area contributed by atoms with E-state index in [4.69, 9.17) is 0 Å². The summed E-state index contributed by atoms with van der Waals surface area (Å²) in [6.07, 6.45) is 2.48. The second-order valence-electron chi connectivity index (χ2n) is 4.85. The van der Waals surface area contributed by atoms with Gasteiger partial charge in [0.15, 0.2) is 0 Å². The topological polar surface area (TPSA) is 41.1 Å². The zero-order chi connectivity index (χ0) is 12.3. The van der Waals surface area contributed by atoms with E-state index < -0.39 is 0 Å². The van der Waals surface area contributed by atoms with Crippen LogP contribution in [0.5, 0.6) is 0 Å². The molecule has 0 spiro atoms. The Hall–Kier alpha value is -1.51. The summed E-state index contributed by atoms with van der Waals surface area (Å²) in [5, 5.41) is 6.32. The molecule has 0 bridgehead atoms. The lowest BCUT2D eigenvalue weighted by atomic mass is 10.0. The molecule has 0 unspecified atom stereocenters. The molecule has 0 aromatic heterocycles. The van der Waals surface area contributed by atoms with Gasteiger partial charge in [-0.15, -0.1) is 0 Å². The summed E-state index contributed by atoms with van der Waals surface area (Å²) in [7, 11) is 0. The van der Waals surface area contributed by atoms with Crippen molar-refractivity contribution < 1.29 is 4.79 Å². The minimum atomic E-state index is 0.135. The van der Waals surface area contributed by atoms with Gasteiger partial charge in [-0.05, 0) is 37.8 Å². The number of hydrogen-bond acceptors (Lipinski definition) is 2. The smallest absolute Gasteiger partial charge is 0.220 e. The van der Waals surface area contributed by atoms with E-state index in [2.05, 4.69) is 28.8 Å². The van der Waals surface area contributed by atoms with Gasteiger partial charge in [-0.1, -0.05) is 18.2 Å². The Kier molecular flexibility index (Phi) is 3.67. The maximum absolute atomic E-state index is 11.6. The first-order valence-electron chi connectivity index (χ1n) is 6.31. The molecule has 1 aromatic rings. The average Bonchev–Trinajstić information content (AvgIpc) is 2.73. The van der Waals surface area contributed by atoms with Crippen molar-refractivity contribution in [3.05, 3.63) is 29.3 Å². The average molecular weight is 232 g/mol. The number of anilines is 1. The number of fused-ring (bicyclic) bond motifs is 1. The normalized spacial score (nSPS) is 13.4. The van der Waals surface area contributed by atoms with E-state index in [1.54, 1.807) is 0 Å². The van der Waals surface area contributed by atoms with Crippen molar-refractivity contribution in [2.75, 3.05) is 11.9 Å². The second kappa shape index (κ2) is 5.21. The third-order valence-electron chi connectivity index (χ3n) is 3.00. The molecule has 3 heteroatoms. The Morgan fingerprint density at radius 2 is 2.29 bits per heavy atom. The minimum Gasteiger partial charge on any atom is -0.384 e. The van der Waals surface area contributed by atoms with E-state index in [0.29, 0.717) is 6.42 Å². The summed E-state index contributed by atoms with van der Waals surface area (Å²) in [6.45, 7) is 4.99. The van der Waals surface area contributed by atoms with E-state index in [9.17, 15) is 4.79 Å². The number of carbonyl (C=O) groups is 1. The van der Waals surface area contributed by atoms with Gasteiger partial charge in [0.05, 0.1) is 0 Å². The third-order valence-corrected chi connectivity index (χ3v) is 3.00. The standard InChI is InChI=1S/C14H20N2O/c1-10(2)16-13(17)7-6-11-4-3-5-12-8-9-15-14(11)12/h3-5,10,15H,6-9H2,1-2H3,(H,16,17). The summed E-state index contributed by atoms with van der Waals surface area (Å²) in [4.78, 5) is 11.6. The van der Waals surface area contributed by atoms with Crippen LogP contribution in [0.4, 0.5) is 5.69 Å². The second-order valence-corrected chi connectivity index (χ2v) is 4.85. The first-order valence-corrected chi connectivity index (χ1v) is 6.31. The van der Waals surface area contributed by atoms with Crippen LogP contribution in [0.1, 0.15) is 31.4 Å². The number of nitrogens with one attached hydrogen (secondary N) is 2. The molecule has 0 aliphatic carbocycles. The predicted octanol–water partition coefficient (Wildman–Crippen LogP) is 2.11. The fourth-order valence-corrected chi connectivity index (χ4v) is 2.26. The molecule has 0 fully saturated rings. The highest BCUT2D eigenvalue weighted by atomic mass is 16.1. The van der Waals surface area contributed by atoms with Gasteiger partial charge in [0.2, 0.25) is 5.91 Å². The van der Waals surface area contributed by atoms with Gasteiger partial charge in [-0.25, -0.2) is 0 Å². The lowest BCUT2D eigenvalue weighted by Crippen LogP contribution is -2.30. The number of rotatable bonds is 4. The molecule has 1 amide bonds. The van der Waals surface area contributed by atoms with Gasteiger partial charge in [-0.2, -0.15) is 0 Å². The molecule has 1 aromatic carbocycles. The molecule has 1 heterocycles. The first kappa shape index (κ1) is 12.0. The molecule has 0 atom stereocenters. The zero-order valence-corrected chi connectivity index (χ0v) is 10.5. The van der Waals surface area contributed by atoms with Crippen molar-refractivity contribution in [3.63, 3.8) is 0 Å². The van der Waals surface area contributed by atoms with Crippen LogP contribution in [0.15, 0.2) is 18.2 Å². The maximum atomic E-state index is 11.6. The highest BCUT2D eigenvalue weighted by Gasteiger charge is 2.14. The molecule has 0 saturated carbocycles. The molecular formula is C14H20N2O. The van der Waals surface area contributed by atoms with Crippen LogP contribution < -0.4 is 10.6 Å². The van der Waals surface area contributed by atoms with Gasteiger partial charge in [-0.3, -0.25) is 4.79 Å². The van der Waals surface area contributed by atoms with Crippen LogP contribution in [0.2, 0.25) is 0 Å². The molecular weight excluding hydrogens is 212 g/mol. The Bertz CT molecular complexity index is 413. The fraction of sp³-hybridized carbons (Fsp3) is 0.500. The van der Waals surface area contributed by atoms with Crippen molar-refractivity contribution in [1.82, 2.24) is 5.32 Å². The molecule has 2 N–H and O–H groups in total. The number of benzene rings is 1. The largest absolute Gasteiger partial charge is 0.384 e. The number of amides is 1. The van der Waals surface area contributed by atoms with Crippen LogP contribution in [0.3, 0.4) is 0 Å². The lowest BCUT2D eigenvalue weighted by molar-refractivity contribution is -0.121. The van der Waals surface area contributed by atoms with Gasteiger partial charge in [0.25, 0.3) is 0 Å². The van der Waals surface area contributed by atoms with Gasteiger partial charge < -0.3 is 10.6 Å². The Labute approximate surface area is 103 Å². The fourth-order valence-electron chi connectivity index (χ4n) is 2.26. The third kappa shape index (κ3) is 2.99. The maximum Gasteiger partial charge on any atom is 0.220 e. The number of carbonyl (C=O) groups excluding carboxylic acids is 1. The lowest BCUT2D eigenvalue weighted by Gasteiger charge is -2.10. The molecule has 92 valence electrons. The quantitative estimate of drug-likeness (QED) is 0.835. The van der Waals surface area contributed by atoms with Crippen molar-refractivity contribution in [1.29, 1.82) is 0 Å². The van der Waals surface area contributed by atoms with E-state index in [0.717, 1.165) is 19.4 Å². The van der Waals surface area contributed by atoms with Crippen molar-refractivity contribution in [2.45, 2.75) is 39.2 Å². The van der Waals surface area contributed by atoms with Gasteiger partial charge in [0, 0.05) is 24.7 Å². The zero-order valence-electron chi connectivity index (χ0n) is 10.5. The monoisotopic (exact) mass is 232 g/mol. The van der Waals surface area contributed by atoms with Crippen molar-refractivity contribution in [2.24, 2.45) is 0 Å². The molecule has 2 rings (SSSR count). The van der Waals surface area contributed by atoms with Crippen LogP contribution in [-0.4, -0.2) is 18.5 Å². The summed E-state index contributed by atoms with van der Waals surface area (Å²) < 4.78 is 0. The summed E-state index contributed by atoms with van der Waals surface area (Å²) in [6, 6.07) is 6.58. The summed E-state index contributed by atoms with van der Waals surface area (Å²) >= 11 is 0. The van der Waals surface area contributed by atoms with Gasteiger partial charge >= 0.3 is 0 Å². The Morgan fingerprint density at radius 3 is 3.06 bits per heavy atom. The van der Waals surface area contributed by atoms with E-state index in [1.165, 1.54) is 16.8 Å². The van der Waals surface area contributed by atoms with E-state index >= 15 is 0 Å². The molecule has 0 saturated heterocycles. The molecule has 1 aliphatic rings. The summed E-state index contributed by atoms with van der Waals surface area (Å²) in [5.74, 6) is 0.135. The number of aryl methyl sites for hydroxylation is 1. The predicted molar refractivity (Wildman–Crippen MR) is 70.2 cm³/mol. The van der Waals surface area contributed by atoms with Crippen LogP contribution in [-0.2, 0) is 17.6 Å². The Morgan fingerprint density at radius 1 is 1.47 bits per heavy atom. The van der Waals surface area contributed by atoms with Crippen LogP contribution >= 0.6 is 0 Å². The number of hydrogen-bond donors (Lipinski definition) is 2. The van der Waals surface area contributed by atoms with Gasteiger partial charge in [0.1, 0.15) is 0 Å². The van der Waals surface area contributed by atoms with Crippen molar-refractivity contribution in [3.8, 4) is 0 Å². The first-order chi connectivity index (χ1) is 8.16. The molecule has 17 heavy (non-hydrogen) atoms. The molecule has 0 radical (unpaired) electrons. The SMILES string of the molecule is CC(C)NC(=O)CCc1cccc2c1NCC2. The molecule has 1 aliphatic heterocycles.